The van der Waals surface area contributed by atoms with Crippen LogP contribution in [-0.4, -0.2) is 57.8 Å². The molecule has 0 saturated carbocycles. The van der Waals surface area contributed by atoms with E-state index in [1.165, 1.54) is 23.9 Å². The lowest BCUT2D eigenvalue weighted by molar-refractivity contribution is -0.138. The molecule has 3 aromatic rings. The Morgan fingerprint density at radius 2 is 1.90 bits per heavy atom. The normalized spacial score (nSPS) is 16.5. The number of carbonyl (C=O) groups excluding carboxylic acids is 2. The third kappa shape index (κ3) is 6.62. The third-order valence-corrected chi connectivity index (χ3v) is 7.85. The highest BCUT2D eigenvalue weighted by Crippen LogP contribution is 2.37. The van der Waals surface area contributed by atoms with Crippen LogP contribution in [0.25, 0.3) is 0 Å². The molecule has 1 N–H and O–H groups in total. The monoisotopic (exact) mass is 577 g/mol. The number of allylic oxidation sites excluding steroid dienone is 1. The van der Waals surface area contributed by atoms with Gasteiger partial charge in [0.1, 0.15) is 24.2 Å². The number of nitrogens with zero attached hydrogens (tertiary/aromatic N) is 4. The zero-order valence-electron chi connectivity index (χ0n) is 22.8. The second-order valence-corrected chi connectivity index (χ2v) is 10.7. The molecule has 0 aliphatic carbocycles. The minimum absolute atomic E-state index is 0.0226. The van der Waals surface area contributed by atoms with Crippen molar-refractivity contribution in [2.45, 2.75) is 43.1 Å². The fourth-order valence-electron chi connectivity index (χ4n) is 4.86. The van der Waals surface area contributed by atoms with Crippen LogP contribution >= 0.6 is 11.8 Å². The Kier molecular flexibility index (Phi) is 9.03. The predicted octanol–water partition coefficient (Wildman–Crippen LogP) is 5.12. The van der Waals surface area contributed by atoms with E-state index in [-0.39, 0.29) is 24.9 Å². The number of anilines is 1. The summed E-state index contributed by atoms with van der Waals surface area (Å²) >= 11 is 1.30. The molecule has 1 fully saturated rings. The molecule has 2 aliphatic rings. The summed E-state index contributed by atoms with van der Waals surface area (Å²) in [7, 11) is 0. The van der Waals surface area contributed by atoms with Crippen molar-refractivity contribution in [3.63, 3.8) is 0 Å². The third-order valence-electron chi connectivity index (χ3n) is 6.97. The van der Waals surface area contributed by atoms with Gasteiger partial charge in [-0.2, -0.15) is 4.98 Å². The van der Waals surface area contributed by atoms with E-state index in [1.807, 2.05) is 17.0 Å². The molecule has 1 amide bonds. The van der Waals surface area contributed by atoms with E-state index in [4.69, 9.17) is 9.47 Å². The first-order valence-corrected chi connectivity index (χ1v) is 14.5. The number of nitrogens with one attached hydrogen (secondary N) is 1. The summed E-state index contributed by atoms with van der Waals surface area (Å²) in [6, 6.07) is 13.2. The molecule has 3 heterocycles. The molecular weight excluding hydrogens is 545 g/mol. The van der Waals surface area contributed by atoms with Crippen LogP contribution in [0.3, 0.4) is 0 Å². The number of fused-ring (bicyclic) bond motifs is 1. The van der Waals surface area contributed by atoms with Crippen LogP contribution in [0.2, 0.25) is 0 Å². The standard InChI is InChI=1S/C30H32FN5O4S/c1-3-17-39-28(38)26-20(2)32-29-33-30(41-19-22-9-5-6-10-24(22)31)34-36(29)27(26)21-11-13-23(14-12-21)40-18-25(37)35-15-7-4-8-16-35/h3,5-6,9-14,27H,1,4,7-8,15-19H2,2H3,(H,32,33,34). The van der Waals surface area contributed by atoms with Crippen LogP contribution < -0.4 is 10.1 Å². The van der Waals surface area contributed by atoms with E-state index in [1.54, 1.807) is 41.9 Å². The van der Waals surface area contributed by atoms with Gasteiger partial charge in [-0.3, -0.25) is 4.79 Å². The van der Waals surface area contributed by atoms with Gasteiger partial charge in [0.25, 0.3) is 5.91 Å². The maximum Gasteiger partial charge on any atom is 0.338 e. The Bertz CT molecular complexity index is 1450. The Balaban J connectivity index is 1.37. The largest absolute Gasteiger partial charge is 0.484 e. The number of benzene rings is 2. The molecule has 1 atom stereocenters. The second kappa shape index (κ2) is 13.0. The van der Waals surface area contributed by atoms with Crippen molar-refractivity contribution in [2.75, 3.05) is 31.6 Å². The van der Waals surface area contributed by atoms with Crippen molar-refractivity contribution >= 4 is 29.6 Å². The number of piperidine rings is 1. The van der Waals surface area contributed by atoms with E-state index in [9.17, 15) is 14.0 Å². The van der Waals surface area contributed by atoms with Crippen molar-refractivity contribution in [3.05, 3.63) is 89.4 Å². The van der Waals surface area contributed by atoms with Gasteiger partial charge in [-0.25, -0.2) is 13.9 Å². The molecule has 0 bridgehead atoms. The Hall–Kier alpha value is -4.12. The quantitative estimate of drug-likeness (QED) is 0.202. The lowest BCUT2D eigenvalue weighted by Gasteiger charge is -2.28. The van der Waals surface area contributed by atoms with Gasteiger partial charge in [-0.05, 0) is 55.5 Å². The highest BCUT2D eigenvalue weighted by Gasteiger charge is 2.35. The van der Waals surface area contributed by atoms with Gasteiger partial charge in [-0.1, -0.05) is 54.7 Å². The van der Waals surface area contributed by atoms with Gasteiger partial charge in [-0.15, -0.1) is 5.10 Å². The Labute approximate surface area is 242 Å². The van der Waals surface area contributed by atoms with Crippen molar-refractivity contribution in [1.29, 1.82) is 0 Å². The first-order valence-electron chi connectivity index (χ1n) is 13.5. The van der Waals surface area contributed by atoms with E-state index in [0.29, 0.717) is 39.4 Å². The van der Waals surface area contributed by atoms with Crippen molar-refractivity contribution in [3.8, 4) is 5.75 Å². The Morgan fingerprint density at radius 3 is 2.63 bits per heavy atom. The first-order chi connectivity index (χ1) is 19.9. The Morgan fingerprint density at radius 1 is 1.15 bits per heavy atom. The molecule has 2 aliphatic heterocycles. The van der Waals surface area contributed by atoms with Crippen LogP contribution in [0, 0.1) is 5.82 Å². The molecule has 1 aromatic heterocycles. The van der Waals surface area contributed by atoms with Crippen molar-refractivity contribution in [2.24, 2.45) is 0 Å². The van der Waals surface area contributed by atoms with Gasteiger partial charge in [0.05, 0.1) is 5.57 Å². The summed E-state index contributed by atoms with van der Waals surface area (Å²) in [5.74, 6) is 0.536. The molecule has 2 aromatic carbocycles. The molecular formula is C30H32FN5O4S. The fraction of sp³-hybridized carbons (Fsp3) is 0.333. The number of halogens is 1. The molecule has 1 unspecified atom stereocenters. The van der Waals surface area contributed by atoms with Gasteiger partial charge in [0, 0.05) is 24.5 Å². The second-order valence-electron chi connectivity index (χ2n) is 9.80. The summed E-state index contributed by atoms with van der Waals surface area (Å²) in [4.78, 5) is 32.1. The maximum atomic E-state index is 14.2. The number of esters is 1. The highest BCUT2D eigenvalue weighted by atomic mass is 32.2. The van der Waals surface area contributed by atoms with Crippen molar-refractivity contribution < 1.29 is 23.5 Å². The minimum Gasteiger partial charge on any atom is -0.484 e. The molecule has 214 valence electrons. The average Bonchev–Trinajstić information content (AvgIpc) is 3.40. The van der Waals surface area contributed by atoms with Crippen LogP contribution in [0.5, 0.6) is 5.75 Å². The number of amides is 1. The number of hydrogen-bond donors (Lipinski definition) is 1. The summed E-state index contributed by atoms with van der Waals surface area (Å²) in [6.45, 7) is 6.99. The smallest absolute Gasteiger partial charge is 0.338 e. The average molecular weight is 578 g/mol. The van der Waals surface area contributed by atoms with E-state index in [0.717, 1.165) is 37.9 Å². The highest BCUT2D eigenvalue weighted by molar-refractivity contribution is 7.98. The lowest BCUT2D eigenvalue weighted by Crippen LogP contribution is -2.38. The van der Waals surface area contributed by atoms with Crippen LogP contribution in [0.4, 0.5) is 10.3 Å². The fourth-order valence-corrected chi connectivity index (χ4v) is 5.68. The van der Waals surface area contributed by atoms with E-state index < -0.39 is 12.0 Å². The number of ether oxygens (including phenoxy) is 2. The number of likely N-dealkylation sites (tertiary alicyclic amines) is 1. The number of thioether (sulfide) groups is 1. The number of aromatic nitrogens is 3. The van der Waals surface area contributed by atoms with E-state index >= 15 is 0 Å². The topological polar surface area (TPSA) is 98.6 Å². The lowest BCUT2D eigenvalue weighted by atomic mass is 9.96. The van der Waals surface area contributed by atoms with Gasteiger partial charge in [0.15, 0.2) is 6.61 Å². The molecule has 11 heteroatoms. The van der Waals surface area contributed by atoms with Crippen LogP contribution in [0.15, 0.2) is 77.6 Å². The van der Waals surface area contributed by atoms with Crippen molar-refractivity contribution in [1.82, 2.24) is 19.7 Å². The zero-order valence-corrected chi connectivity index (χ0v) is 23.7. The minimum atomic E-state index is -0.636. The first kappa shape index (κ1) is 28.4. The summed E-state index contributed by atoms with van der Waals surface area (Å²) in [5, 5.41) is 8.27. The molecule has 0 spiro atoms. The SMILES string of the molecule is C=CCOC(=O)C1=C(C)Nc2nc(SCc3ccccc3F)nn2C1c1ccc(OCC(=O)N2CCCCC2)cc1. The van der Waals surface area contributed by atoms with Gasteiger partial charge >= 0.3 is 5.97 Å². The van der Waals surface area contributed by atoms with Gasteiger partial charge in [0.2, 0.25) is 11.1 Å². The summed E-state index contributed by atoms with van der Waals surface area (Å²) < 4.78 is 27.0. The molecule has 0 radical (unpaired) electrons. The van der Waals surface area contributed by atoms with E-state index in [2.05, 4.69) is 22.0 Å². The molecule has 5 rings (SSSR count). The summed E-state index contributed by atoms with van der Waals surface area (Å²) in [5.41, 5.74) is 2.26. The number of rotatable bonds is 10. The van der Waals surface area contributed by atoms with Gasteiger partial charge < -0.3 is 19.7 Å². The van der Waals surface area contributed by atoms with Crippen LogP contribution in [-0.2, 0) is 20.1 Å². The van der Waals surface area contributed by atoms with Crippen LogP contribution in [0.1, 0.15) is 43.4 Å². The summed E-state index contributed by atoms with van der Waals surface area (Å²) in [6.07, 6.45) is 4.71. The predicted molar refractivity (Wildman–Crippen MR) is 154 cm³/mol. The maximum absolute atomic E-state index is 14.2. The number of hydrogen-bond acceptors (Lipinski definition) is 8. The molecule has 9 nitrogen and oxygen atoms in total. The number of carbonyl (C=O) groups is 2. The molecule has 41 heavy (non-hydrogen) atoms. The molecule has 1 saturated heterocycles. The zero-order chi connectivity index (χ0) is 28.8.